The summed E-state index contributed by atoms with van der Waals surface area (Å²) in [4.78, 5) is 23.4. The first-order valence-corrected chi connectivity index (χ1v) is 10.4. The Labute approximate surface area is 197 Å². The molecule has 2 amide bonds. The Hall–Kier alpha value is -3.57. The van der Waals surface area contributed by atoms with Crippen molar-refractivity contribution in [2.75, 3.05) is 25.0 Å². The van der Waals surface area contributed by atoms with Gasteiger partial charge >= 0.3 is 6.18 Å². The minimum Gasteiger partial charge on any atom is -0.492 e. The third-order valence-electron chi connectivity index (χ3n) is 4.67. The summed E-state index contributed by atoms with van der Waals surface area (Å²) in [6, 6.07) is 8.86. The van der Waals surface area contributed by atoms with Crippen molar-refractivity contribution in [3.8, 4) is 17.0 Å². The van der Waals surface area contributed by atoms with Crippen molar-refractivity contribution < 1.29 is 27.5 Å². The van der Waals surface area contributed by atoms with Gasteiger partial charge in [0.05, 0.1) is 29.0 Å². The molecule has 0 spiro atoms. The van der Waals surface area contributed by atoms with Gasteiger partial charge < -0.3 is 21.1 Å². The van der Waals surface area contributed by atoms with Crippen molar-refractivity contribution in [2.24, 2.45) is 12.8 Å². The van der Waals surface area contributed by atoms with E-state index in [4.69, 9.17) is 22.1 Å². The lowest BCUT2D eigenvalue weighted by Crippen LogP contribution is -2.31. The van der Waals surface area contributed by atoms with Crippen LogP contribution in [-0.2, 0) is 18.0 Å². The van der Waals surface area contributed by atoms with Gasteiger partial charge in [0.2, 0.25) is 5.91 Å². The number of carbonyl (C=O) groups excluding carboxylic acids is 2. The summed E-state index contributed by atoms with van der Waals surface area (Å²) < 4.78 is 46.3. The highest BCUT2D eigenvalue weighted by Crippen LogP contribution is 2.37. The Balaban J connectivity index is 1.84. The maximum Gasteiger partial charge on any atom is 0.416 e. The monoisotopic (exact) mass is 495 g/mol. The molecule has 0 saturated carbocycles. The summed E-state index contributed by atoms with van der Waals surface area (Å²) >= 11 is 6.29. The average molecular weight is 496 g/mol. The van der Waals surface area contributed by atoms with E-state index >= 15 is 0 Å². The second kappa shape index (κ2) is 10.6. The second-order valence-corrected chi connectivity index (χ2v) is 7.61. The van der Waals surface area contributed by atoms with E-state index in [9.17, 15) is 22.8 Å². The van der Waals surface area contributed by atoms with Crippen molar-refractivity contribution in [1.82, 2.24) is 15.1 Å². The molecule has 0 aliphatic carbocycles. The van der Waals surface area contributed by atoms with Crippen molar-refractivity contribution in [2.45, 2.75) is 6.18 Å². The zero-order chi connectivity index (χ0) is 24.9. The first-order valence-electron chi connectivity index (χ1n) is 9.98. The molecule has 3 rings (SSSR count). The molecule has 0 saturated heterocycles. The fraction of sp³-hybridized carbons (Fsp3) is 0.227. The van der Waals surface area contributed by atoms with Gasteiger partial charge in [0.1, 0.15) is 12.4 Å². The molecule has 0 atom stereocenters. The maximum atomic E-state index is 13.0. The Bertz CT molecular complexity index is 1180. The molecule has 12 heteroatoms. The van der Waals surface area contributed by atoms with Crippen LogP contribution >= 0.6 is 11.6 Å². The van der Waals surface area contributed by atoms with Gasteiger partial charge in [0.25, 0.3) is 5.91 Å². The molecular formula is C22H21ClF3N5O3. The molecule has 4 N–H and O–H groups in total. The Morgan fingerprint density at radius 3 is 2.62 bits per heavy atom. The fourth-order valence-electron chi connectivity index (χ4n) is 3.12. The van der Waals surface area contributed by atoms with Crippen molar-refractivity contribution in [3.63, 3.8) is 0 Å². The summed E-state index contributed by atoms with van der Waals surface area (Å²) in [6.07, 6.45) is -3.12. The van der Waals surface area contributed by atoms with Crippen LogP contribution in [0.4, 0.5) is 18.9 Å². The summed E-state index contributed by atoms with van der Waals surface area (Å²) in [5, 5.41) is 9.86. The third-order valence-corrected chi connectivity index (χ3v) is 4.95. The van der Waals surface area contributed by atoms with Crippen LogP contribution in [0.3, 0.4) is 0 Å². The van der Waals surface area contributed by atoms with Crippen molar-refractivity contribution >= 4 is 29.1 Å². The normalized spacial score (nSPS) is 11.3. The van der Waals surface area contributed by atoms with Crippen LogP contribution in [0.1, 0.15) is 15.9 Å². The molecular weight excluding hydrogens is 475 g/mol. The van der Waals surface area contributed by atoms with Gasteiger partial charge in [-0.1, -0.05) is 17.7 Å². The smallest absolute Gasteiger partial charge is 0.416 e. The summed E-state index contributed by atoms with van der Waals surface area (Å²) in [5.74, 6) is -0.788. The molecule has 0 bridgehead atoms. The van der Waals surface area contributed by atoms with Crippen LogP contribution in [0, 0.1) is 0 Å². The van der Waals surface area contributed by atoms with Crippen LogP contribution in [0.25, 0.3) is 11.3 Å². The van der Waals surface area contributed by atoms with Gasteiger partial charge in [-0.2, -0.15) is 18.3 Å². The van der Waals surface area contributed by atoms with Crippen LogP contribution < -0.4 is 21.1 Å². The summed E-state index contributed by atoms with van der Waals surface area (Å²) in [7, 11) is 1.67. The molecule has 180 valence electrons. The number of anilines is 1. The molecule has 3 aromatic rings. The third kappa shape index (κ3) is 6.27. The number of rotatable bonds is 9. The average Bonchev–Trinajstić information content (AvgIpc) is 3.11. The highest BCUT2D eigenvalue weighted by Gasteiger charge is 2.31. The lowest BCUT2D eigenvalue weighted by Gasteiger charge is -2.15. The highest BCUT2D eigenvalue weighted by atomic mass is 35.5. The van der Waals surface area contributed by atoms with Crippen molar-refractivity contribution in [3.05, 3.63) is 64.8 Å². The highest BCUT2D eigenvalue weighted by molar-refractivity contribution is 6.33. The minimum absolute atomic E-state index is 0.00425. The van der Waals surface area contributed by atoms with Gasteiger partial charge in [-0.15, -0.1) is 0 Å². The number of benzene rings is 2. The zero-order valence-electron chi connectivity index (χ0n) is 17.9. The van der Waals surface area contributed by atoms with Gasteiger partial charge in [0, 0.05) is 30.4 Å². The van der Waals surface area contributed by atoms with E-state index in [2.05, 4.69) is 15.7 Å². The molecule has 0 radical (unpaired) electrons. The summed E-state index contributed by atoms with van der Waals surface area (Å²) in [5.41, 5.74) is 5.34. The quantitative estimate of drug-likeness (QED) is 0.394. The number of alkyl halides is 3. The van der Waals surface area contributed by atoms with Crippen LogP contribution in [-0.4, -0.2) is 41.3 Å². The second-order valence-electron chi connectivity index (χ2n) is 7.20. The van der Waals surface area contributed by atoms with E-state index in [-0.39, 0.29) is 18.7 Å². The fourth-order valence-corrected chi connectivity index (χ4v) is 3.38. The molecule has 1 heterocycles. The van der Waals surface area contributed by atoms with Crippen LogP contribution in [0.5, 0.6) is 5.75 Å². The lowest BCUT2D eigenvalue weighted by molar-refractivity contribution is -0.137. The molecule has 0 unspecified atom stereocenters. The van der Waals surface area contributed by atoms with E-state index < -0.39 is 23.6 Å². The molecule has 8 nitrogen and oxygen atoms in total. The lowest BCUT2D eigenvalue weighted by atomic mass is 10.1. The Morgan fingerprint density at radius 2 is 1.97 bits per heavy atom. The Kier molecular flexibility index (Phi) is 7.79. The van der Waals surface area contributed by atoms with E-state index in [0.29, 0.717) is 34.3 Å². The number of aromatic nitrogens is 2. The molecule has 0 fully saturated rings. The number of halogens is 4. The first-order chi connectivity index (χ1) is 16.1. The number of carbonyl (C=O) groups is 2. The molecule has 1 aromatic heterocycles. The predicted octanol–water partition coefficient (Wildman–Crippen LogP) is 3.47. The number of amides is 2. The molecule has 34 heavy (non-hydrogen) atoms. The first kappa shape index (κ1) is 25.1. The predicted molar refractivity (Wildman–Crippen MR) is 121 cm³/mol. The van der Waals surface area contributed by atoms with E-state index in [1.807, 2.05) is 0 Å². The number of aryl methyl sites for hydroxylation is 1. The number of nitrogens with two attached hydrogens (primary N) is 1. The van der Waals surface area contributed by atoms with E-state index in [1.54, 1.807) is 25.2 Å². The minimum atomic E-state index is -4.56. The molecule has 0 aliphatic rings. The molecule has 0 aliphatic heterocycles. The Morgan fingerprint density at radius 1 is 1.21 bits per heavy atom. The summed E-state index contributed by atoms with van der Waals surface area (Å²) in [6.45, 7) is 0.547. The van der Waals surface area contributed by atoms with Crippen molar-refractivity contribution in [1.29, 1.82) is 0 Å². The van der Waals surface area contributed by atoms with Crippen LogP contribution in [0.15, 0.2) is 48.7 Å². The van der Waals surface area contributed by atoms with Gasteiger partial charge in [-0.3, -0.25) is 14.3 Å². The topological polar surface area (TPSA) is 111 Å². The van der Waals surface area contributed by atoms with Gasteiger partial charge in [0.15, 0.2) is 0 Å². The largest absolute Gasteiger partial charge is 0.492 e. The van der Waals surface area contributed by atoms with Gasteiger partial charge in [-0.05, 0) is 36.4 Å². The number of hydrogen-bond donors (Lipinski definition) is 3. The van der Waals surface area contributed by atoms with E-state index in [0.717, 1.165) is 12.1 Å². The zero-order valence-corrected chi connectivity index (χ0v) is 18.7. The maximum absolute atomic E-state index is 13.0. The number of primary amides is 1. The standard InChI is InChI=1S/C22H21ClF3N5O3/c1-31-20(17(23)11-29-31)16-10-15(5-6-18(16)34-8-7-28-12-19(27)32)30-21(33)13-3-2-4-14(9-13)22(24,25)26/h2-6,9-11,28H,7-8,12H2,1H3,(H2,27,32)(H,30,33). The SMILES string of the molecule is Cn1ncc(Cl)c1-c1cc(NC(=O)c2cccc(C(F)(F)F)c2)ccc1OCCNCC(N)=O. The van der Waals surface area contributed by atoms with Crippen LogP contribution in [0.2, 0.25) is 5.02 Å². The number of hydrogen-bond acceptors (Lipinski definition) is 5. The number of nitrogens with one attached hydrogen (secondary N) is 2. The number of ether oxygens (including phenoxy) is 1. The van der Waals surface area contributed by atoms with E-state index in [1.165, 1.54) is 23.0 Å². The van der Waals surface area contributed by atoms with Gasteiger partial charge in [-0.25, -0.2) is 0 Å². The molecule has 2 aromatic carbocycles. The number of nitrogens with zero attached hydrogens (tertiary/aromatic N) is 2.